The van der Waals surface area contributed by atoms with Gasteiger partial charge in [-0.2, -0.15) is 0 Å². The summed E-state index contributed by atoms with van der Waals surface area (Å²) in [5.74, 6) is -0.189. The Bertz CT molecular complexity index is 1240. The molecule has 0 spiro atoms. The van der Waals surface area contributed by atoms with E-state index in [0.717, 1.165) is 62.3 Å². The van der Waals surface area contributed by atoms with Crippen molar-refractivity contribution in [1.82, 2.24) is 19.8 Å². The molecule has 2 fully saturated rings. The molecule has 6 rings (SSSR count). The Morgan fingerprint density at radius 1 is 0.853 bits per heavy atom. The first kappa shape index (κ1) is 21.3. The predicted molar refractivity (Wildman–Crippen MR) is 135 cm³/mol. The molecule has 0 unspecified atom stereocenters. The van der Waals surface area contributed by atoms with Crippen LogP contribution in [0.3, 0.4) is 0 Å². The zero-order chi connectivity index (χ0) is 22.9. The Hall–Kier alpha value is -3.25. The van der Waals surface area contributed by atoms with Crippen molar-refractivity contribution >= 4 is 22.7 Å². The van der Waals surface area contributed by atoms with Crippen molar-refractivity contribution in [3.63, 3.8) is 0 Å². The molecule has 0 atom stereocenters. The lowest BCUT2D eigenvalue weighted by Gasteiger charge is -2.44. The van der Waals surface area contributed by atoms with E-state index in [1.807, 2.05) is 24.4 Å². The zero-order valence-electron chi connectivity index (χ0n) is 19.4. The first-order chi connectivity index (χ1) is 16.7. The van der Waals surface area contributed by atoms with Gasteiger partial charge in [0.25, 0.3) is 0 Å². The molecule has 6 heteroatoms. The third-order valence-corrected chi connectivity index (χ3v) is 7.53. The third-order valence-electron chi connectivity index (χ3n) is 7.53. The highest BCUT2D eigenvalue weighted by molar-refractivity contribution is 5.90. The Kier molecular flexibility index (Phi) is 5.75. The van der Waals surface area contributed by atoms with E-state index in [1.54, 1.807) is 18.3 Å². The maximum Gasteiger partial charge on any atom is 0.126 e. The molecular weight excluding hydrogens is 425 g/mol. The van der Waals surface area contributed by atoms with Gasteiger partial charge in [0.1, 0.15) is 5.82 Å². The van der Waals surface area contributed by atoms with E-state index in [2.05, 4.69) is 49.0 Å². The number of fused-ring (bicyclic) bond motifs is 2. The lowest BCUT2D eigenvalue weighted by molar-refractivity contribution is 0.117. The van der Waals surface area contributed by atoms with E-state index in [1.165, 1.54) is 29.8 Å². The molecule has 5 nitrogen and oxygen atoms in total. The molecule has 174 valence electrons. The van der Waals surface area contributed by atoms with Crippen LogP contribution in [0, 0.1) is 5.82 Å². The van der Waals surface area contributed by atoms with Crippen LogP contribution < -0.4 is 4.90 Å². The van der Waals surface area contributed by atoms with Crippen LogP contribution in [-0.4, -0.2) is 65.1 Å². The molecule has 3 aromatic rings. The van der Waals surface area contributed by atoms with Crippen LogP contribution in [0.5, 0.6) is 0 Å². The van der Waals surface area contributed by atoms with Crippen molar-refractivity contribution in [3.05, 3.63) is 83.7 Å². The fourth-order valence-corrected chi connectivity index (χ4v) is 5.69. The number of piperidine rings is 1. The van der Waals surface area contributed by atoms with E-state index in [4.69, 9.17) is 0 Å². The van der Waals surface area contributed by atoms with Crippen molar-refractivity contribution in [1.29, 1.82) is 0 Å². The van der Waals surface area contributed by atoms with Crippen molar-refractivity contribution in [2.45, 2.75) is 25.3 Å². The summed E-state index contributed by atoms with van der Waals surface area (Å²) < 4.78 is 14.2. The van der Waals surface area contributed by atoms with Crippen LogP contribution >= 0.6 is 0 Å². The number of benzene rings is 1. The molecule has 4 heterocycles. The molecule has 2 aromatic heterocycles. The maximum absolute atomic E-state index is 14.2. The average molecular weight is 456 g/mol. The second-order valence-corrected chi connectivity index (χ2v) is 9.47. The van der Waals surface area contributed by atoms with Crippen molar-refractivity contribution in [3.8, 4) is 0 Å². The number of piperazine rings is 1. The molecule has 0 amide bonds. The number of aromatic nitrogens is 2. The summed E-state index contributed by atoms with van der Waals surface area (Å²) in [7, 11) is 0. The number of rotatable bonds is 3. The molecule has 1 aromatic carbocycles. The second-order valence-electron chi connectivity index (χ2n) is 9.47. The summed E-state index contributed by atoms with van der Waals surface area (Å²) in [6.07, 6.45) is 13.5. The van der Waals surface area contributed by atoms with E-state index < -0.39 is 0 Å². The van der Waals surface area contributed by atoms with Crippen LogP contribution in [0.1, 0.15) is 24.1 Å². The monoisotopic (exact) mass is 455 g/mol. The fraction of sp³-hybridized carbons (Fsp3) is 0.357. The van der Waals surface area contributed by atoms with Crippen molar-refractivity contribution in [2.24, 2.45) is 0 Å². The number of halogens is 1. The van der Waals surface area contributed by atoms with E-state index in [0.29, 0.717) is 6.04 Å². The van der Waals surface area contributed by atoms with Crippen molar-refractivity contribution < 1.29 is 4.39 Å². The Morgan fingerprint density at radius 3 is 2.50 bits per heavy atom. The summed E-state index contributed by atoms with van der Waals surface area (Å²) in [5.41, 5.74) is 5.59. The van der Waals surface area contributed by atoms with Gasteiger partial charge in [-0.3, -0.25) is 14.9 Å². The summed E-state index contributed by atoms with van der Waals surface area (Å²) in [5, 5.41) is 0.868. The normalized spacial score (nSPS) is 19.7. The number of likely N-dealkylation sites (tertiary alicyclic amines) is 1. The Labute approximate surface area is 200 Å². The summed E-state index contributed by atoms with van der Waals surface area (Å²) in [6.45, 7) is 6.02. The topological polar surface area (TPSA) is 35.5 Å². The molecule has 0 radical (unpaired) electrons. The number of allylic oxidation sites excluding steroid dienone is 3. The molecule has 2 saturated heterocycles. The molecule has 34 heavy (non-hydrogen) atoms. The zero-order valence-corrected chi connectivity index (χ0v) is 19.4. The van der Waals surface area contributed by atoms with Gasteiger partial charge >= 0.3 is 0 Å². The smallest absolute Gasteiger partial charge is 0.126 e. The highest BCUT2D eigenvalue weighted by Crippen LogP contribution is 2.29. The van der Waals surface area contributed by atoms with Gasteiger partial charge in [-0.15, -0.1) is 0 Å². The number of pyridine rings is 2. The average Bonchev–Trinajstić information content (AvgIpc) is 3.11. The number of anilines is 1. The van der Waals surface area contributed by atoms with Crippen LogP contribution in [0.25, 0.3) is 17.0 Å². The molecule has 2 aliphatic heterocycles. The maximum atomic E-state index is 14.2. The lowest BCUT2D eigenvalue weighted by Crippen LogP contribution is -2.53. The molecule has 0 bridgehead atoms. The Morgan fingerprint density at radius 2 is 1.65 bits per heavy atom. The molecular formula is C28H30FN5. The van der Waals surface area contributed by atoms with Crippen molar-refractivity contribution in [2.75, 3.05) is 44.2 Å². The summed E-state index contributed by atoms with van der Waals surface area (Å²) >= 11 is 0. The number of nitrogens with zero attached hydrogens (tertiary/aromatic N) is 5. The largest absolute Gasteiger partial charge is 0.374 e. The quantitative estimate of drug-likeness (QED) is 0.581. The molecule has 0 N–H and O–H groups in total. The second kappa shape index (κ2) is 9.18. The SMILES string of the molecule is Fc1cc(N2CCN(C3CCN(C4=CC=Cc5cccnc5C4)CC3)CC2)c2ncccc2c1. The number of hydrogen-bond donors (Lipinski definition) is 0. The minimum Gasteiger partial charge on any atom is -0.374 e. The van der Waals surface area contributed by atoms with Gasteiger partial charge in [-0.05, 0) is 48.7 Å². The van der Waals surface area contributed by atoms with E-state index in [9.17, 15) is 4.39 Å². The molecule has 1 aliphatic carbocycles. The standard InChI is InChI=1S/C28H30FN5/c29-23-18-22-6-3-11-31-28(22)27(19-23)34-16-14-33(15-17-34)24-8-12-32(13-9-24)25-7-1-4-21-5-2-10-30-26(21)20-25/h1-7,10-11,18-19,24H,8-9,12-17,20H2. The van der Waals surface area contributed by atoms with Gasteiger partial charge in [0.15, 0.2) is 0 Å². The molecule has 3 aliphatic rings. The minimum atomic E-state index is -0.189. The lowest BCUT2D eigenvalue weighted by atomic mass is 10.0. The van der Waals surface area contributed by atoms with Crippen LogP contribution in [-0.2, 0) is 6.42 Å². The Balaban J connectivity index is 1.07. The van der Waals surface area contributed by atoms with E-state index >= 15 is 0 Å². The highest BCUT2D eigenvalue weighted by atomic mass is 19.1. The van der Waals surface area contributed by atoms with Gasteiger partial charge in [0, 0.05) is 75.2 Å². The number of hydrogen-bond acceptors (Lipinski definition) is 5. The van der Waals surface area contributed by atoms with Gasteiger partial charge < -0.3 is 9.80 Å². The molecule has 0 saturated carbocycles. The first-order valence-electron chi connectivity index (χ1n) is 12.3. The third kappa shape index (κ3) is 4.18. The van der Waals surface area contributed by atoms with Gasteiger partial charge in [-0.1, -0.05) is 24.3 Å². The fourth-order valence-electron chi connectivity index (χ4n) is 5.69. The van der Waals surface area contributed by atoms with Crippen LogP contribution in [0.4, 0.5) is 10.1 Å². The van der Waals surface area contributed by atoms with Gasteiger partial charge in [-0.25, -0.2) is 4.39 Å². The minimum absolute atomic E-state index is 0.189. The summed E-state index contributed by atoms with van der Waals surface area (Å²) in [4.78, 5) is 16.6. The van der Waals surface area contributed by atoms with Gasteiger partial charge in [0.2, 0.25) is 0 Å². The van der Waals surface area contributed by atoms with Crippen LogP contribution in [0.15, 0.2) is 66.6 Å². The van der Waals surface area contributed by atoms with Gasteiger partial charge in [0.05, 0.1) is 16.9 Å². The first-order valence-corrected chi connectivity index (χ1v) is 12.3. The van der Waals surface area contributed by atoms with Crippen LogP contribution in [0.2, 0.25) is 0 Å². The summed E-state index contributed by atoms with van der Waals surface area (Å²) in [6, 6.07) is 11.8. The predicted octanol–water partition coefficient (Wildman–Crippen LogP) is 4.51. The highest BCUT2D eigenvalue weighted by Gasteiger charge is 2.29. The van der Waals surface area contributed by atoms with E-state index in [-0.39, 0.29) is 5.82 Å².